The quantitative estimate of drug-likeness (QED) is 0.576. The summed E-state index contributed by atoms with van der Waals surface area (Å²) in [7, 11) is 0. The molecule has 0 saturated carbocycles. The summed E-state index contributed by atoms with van der Waals surface area (Å²) in [5.74, 6) is 1.11. The van der Waals surface area contributed by atoms with Gasteiger partial charge in [-0.3, -0.25) is 14.8 Å². The van der Waals surface area contributed by atoms with Gasteiger partial charge in [0.2, 0.25) is 0 Å². The van der Waals surface area contributed by atoms with Crippen LogP contribution in [-0.2, 0) is 19.4 Å². The highest BCUT2D eigenvalue weighted by Gasteiger charge is 2.20. The van der Waals surface area contributed by atoms with Gasteiger partial charge in [-0.15, -0.1) is 11.3 Å². The number of imidazole rings is 1. The van der Waals surface area contributed by atoms with Crippen molar-refractivity contribution in [3.8, 4) is 5.82 Å². The summed E-state index contributed by atoms with van der Waals surface area (Å²) in [5, 5.41) is 2.69. The SMILES string of the molecule is CC1CCc2sc(C(=O)NNC(=O)NCc3ccc(-n4ccnc4)nc3)cc2C1. The van der Waals surface area contributed by atoms with Crippen molar-refractivity contribution in [1.82, 2.24) is 30.7 Å². The lowest BCUT2D eigenvalue weighted by molar-refractivity contribution is 0.0940. The van der Waals surface area contributed by atoms with E-state index in [1.165, 1.54) is 21.8 Å². The molecular weight excluding hydrogens is 388 g/mol. The van der Waals surface area contributed by atoms with E-state index < -0.39 is 6.03 Å². The van der Waals surface area contributed by atoms with Crippen LogP contribution in [0.5, 0.6) is 0 Å². The number of nitrogens with one attached hydrogen (secondary N) is 3. The lowest BCUT2D eigenvalue weighted by Crippen LogP contribution is -2.46. The number of hydrogen-bond acceptors (Lipinski definition) is 5. The Morgan fingerprint density at radius 3 is 2.97 bits per heavy atom. The summed E-state index contributed by atoms with van der Waals surface area (Å²) in [5.41, 5.74) is 6.97. The second-order valence-electron chi connectivity index (χ2n) is 7.16. The fraction of sp³-hybridized carbons (Fsp3) is 0.300. The number of carbonyl (C=O) groups is 2. The summed E-state index contributed by atoms with van der Waals surface area (Å²) >= 11 is 1.51. The van der Waals surface area contributed by atoms with Gasteiger partial charge in [0, 0.05) is 30.0 Å². The second-order valence-corrected chi connectivity index (χ2v) is 8.30. The molecule has 0 bridgehead atoms. The minimum Gasteiger partial charge on any atom is -0.333 e. The van der Waals surface area contributed by atoms with Gasteiger partial charge in [0.1, 0.15) is 12.1 Å². The van der Waals surface area contributed by atoms with E-state index in [-0.39, 0.29) is 5.91 Å². The average molecular weight is 411 g/mol. The van der Waals surface area contributed by atoms with Crippen molar-refractivity contribution in [2.75, 3.05) is 0 Å². The Morgan fingerprint density at radius 1 is 1.31 bits per heavy atom. The monoisotopic (exact) mass is 410 g/mol. The molecule has 0 fully saturated rings. The Balaban J connectivity index is 1.24. The van der Waals surface area contributed by atoms with Crippen LogP contribution in [0.3, 0.4) is 0 Å². The first kappa shape index (κ1) is 19.1. The first-order chi connectivity index (χ1) is 14.1. The standard InChI is InChI=1S/C20H22N6O2S/c1-13-2-4-16-15(8-13)9-17(29-16)19(27)24-25-20(28)23-11-14-3-5-18(22-10-14)26-7-6-21-12-26/h3,5-7,9-10,12-13H,2,4,8,11H2,1H3,(H,24,27)(H2,23,25,28). The molecule has 0 spiro atoms. The molecule has 0 radical (unpaired) electrons. The van der Waals surface area contributed by atoms with Crippen molar-refractivity contribution in [3.05, 3.63) is 64.0 Å². The number of fused-ring (bicyclic) bond motifs is 1. The Morgan fingerprint density at radius 2 is 2.21 bits per heavy atom. The fourth-order valence-corrected chi connectivity index (χ4v) is 4.39. The number of carbonyl (C=O) groups excluding carboxylic acids is 2. The van der Waals surface area contributed by atoms with Crippen LogP contribution in [0.2, 0.25) is 0 Å². The maximum absolute atomic E-state index is 12.3. The highest BCUT2D eigenvalue weighted by Crippen LogP contribution is 2.32. The molecule has 8 nitrogen and oxygen atoms in total. The van der Waals surface area contributed by atoms with Gasteiger partial charge in [0.25, 0.3) is 5.91 Å². The van der Waals surface area contributed by atoms with Gasteiger partial charge in [-0.25, -0.2) is 20.2 Å². The van der Waals surface area contributed by atoms with E-state index in [1.807, 2.05) is 18.2 Å². The van der Waals surface area contributed by atoms with Crippen LogP contribution in [-0.4, -0.2) is 26.5 Å². The van der Waals surface area contributed by atoms with Crippen molar-refractivity contribution in [1.29, 1.82) is 0 Å². The third-order valence-electron chi connectivity index (χ3n) is 4.87. The maximum atomic E-state index is 12.3. The Bertz CT molecular complexity index is 997. The van der Waals surface area contributed by atoms with E-state index in [1.54, 1.807) is 29.5 Å². The topological polar surface area (TPSA) is 101 Å². The molecule has 0 saturated heterocycles. The van der Waals surface area contributed by atoms with E-state index in [0.29, 0.717) is 17.3 Å². The molecule has 1 atom stereocenters. The summed E-state index contributed by atoms with van der Waals surface area (Å²) in [6.07, 6.45) is 10.0. The van der Waals surface area contributed by atoms with E-state index in [0.717, 1.165) is 30.6 Å². The van der Waals surface area contributed by atoms with Gasteiger partial charge < -0.3 is 5.32 Å². The zero-order valence-corrected chi connectivity index (χ0v) is 16.8. The minimum atomic E-state index is -0.480. The van der Waals surface area contributed by atoms with Gasteiger partial charge in [0.05, 0.1) is 4.88 Å². The Hall–Kier alpha value is -3.20. The number of urea groups is 1. The van der Waals surface area contributed by atoms with Crippen LogP contribution < -0.4 is 16.2 Å². The van der Waals surface area contributed by atoms with Gasteiger partial charge in [-0.05, 0) is 48.4 Å². The molecule has 0 aliphatic heterocycles. The number of pyridine rings is 1. The molecule has 9 heteroatoms. The first-order valence-corrected chi connectivity index (χ1v) is 10.3. The predicted molar refractivity (Wildman–Crippen MR) is 110 cm³/mol. The van der Waals surface area contributed by atoms with Gasteiger partial charge in [-0.1, -0.05) is 13.0 Å². The highest BCUT2D eigenvalue weighted by atomic mass is 32.1. The summed E-state index contributed by atoms with van der Waals surface area (Å²) in [6, 6.07) is 5.18. The Labute approximate surface area is 172 Å². The van der Waals surface area contributed by atoms with Crippen molar-refractivity contribution >= 4 is 23.3 Å². The molecule has 3 aromatic heterocycles. The third-order valence-corrected chi connectivity index (χ3v) is 6.11. The van der Waals surface area contributed by atoms with Crippen molar-refractivity contribution < 1.29 is 9.59 Å². The Kier molecular flexibility index (Phi) is 5.57. The molecule has 29 heavy (non-hydrogen) atoms. The minimum absolute atomic E-state index is 0.293. The number of amides is 3. The van der Waals surface area contributed by atoms with E-state index in [4.69, 9.17) is 0 Å². The van der Waals surface area contributed by atoms with Crippen LogP contribution in [0.4, 0.5) is 4.79 Å². The number of thiophene rings is 1. The van der Waals surface area contributed by atoms with Crippen molar-refractivity contribution in [3.63, 3.8) is 0 Å². The number of aromatic nitrogens is 3. The molecule has 3 heterocycles. The number of aryl methyl sites for hydroxylation is 1. The third kappa shape index (κ3) is 4.62. The van der Waals surface area contributed by atoms with Crippen LogP contribution in [0, 0.1) is 5.92 Å². The number of hydrogen-bond donors (Lipinski definition) is 3. The summed E-state index contributed by atoms with van der Waals surface area (Å²) < 4.78 is 1.79. The number of rotatable bonds is 4. The van der Waals surface area contributed by atoms with E-state index >= 15 is 0 Å². The fourth-order valence-electron chi connectivity index (χ4n) is 3.29. The lowest BCUT2D eigenvalue weighted by Gasteiger charge is -2.16. The first-order valence-electron chi connectivity index (χ1n) is 9.47. The maximum Gasteiger partial charge on any atom is 0.333 e. The molecule has 1 unspecified atom stereocenters. The largest absolute Gasteiger partial charge is 0.333 e. The van der Waals surface area contributed by atoms with Gasteiger partial charge >= 0.3 is 6.03 Å². The second kappa shape index (κ2) is 8.44. The molecule has 3 amide bonds. The van der Waals surface area contributed by atoms with Crippen molar-refractivity contribution in [2.45, 2.75) is 32.7 Å². The summed E-state index contributed by atoms with van der Waals surface area (Å²) in [4.78, 5) is 34.5. The zero-order valence-electron chi connectivity index (χ0n) is 16.0. The predicted octanol–water partition coefficient (Wildman–Crippen LogP) is 2.60. The zero-order chi connectivity index (χ0) is 20.2. The molecule has 1 aliphatic rings. The van der Waals surface area contributed by atoms with Crippen LogP contribution in [0.25, 0.3) is 5.82 Å². The average Bonchev–Trinajstić information content (AvgIpc) is 3.40. The van der Waals surface area contributed by atoms with E-state index in [9.17, 15) is 9.59 Å². The molecular formula is C20H22N6O2S. The summed E-state index contributed by atoms with van der Waals surface area (Å²) in [6.45, 7) is 2.52. The lowest BCUT2D eigenvalue weighted by atomic mass is 9.90. The molecule has 4 rings (SSSR count). The molecule has 150 valence electrons. The van der Waals surface area contributed by atoms with Gasteiger partial charge in [-0.2, -0.15) is 0 Å². The van der Waals surface area contributed by atoms with Crippen LogP contribution >= 0.6 is 11.3 Å². The van der Waals surface area contributed by atoms with Crippen LogP contribution in [0.1, 0.15) is 39.0 Å². The molecule has 3 N–H and O–H groups in total. The van der Waals surface area contributed by atoms with E-state index in [2.05, 4.69) is 33.1 Å². The van der Waals surface area contributed by atoms with Gasteiger partial charge in [0.15, 0.2) is 0 Å². The van der Waals surface area contributed by atoms with Crippen LogP contribution in [0.15, 0.2) is 43.1 Å². The molecule has 1 aliphatic carbocycles. The number of hydrazine groups is 1. The smallest absolute Gasteiger partial charge is 0.333 e. The molecule has 3 aromatic rings. The van der Waals surface area contributed by atoms with Crippen molar-refractivity contribution in [2.24, 2.45) is 5.92 Å². The number of nitrogens with zero attached hydrogens (tertiary/aromatic N) is 3. The normalized spacial score (nSPS) is 15.4. The molecule has 0 aromatic carbocycles. The highest BCUT2D eigenvalue weighted by molar-refractivity contribution is 7.14.